The van der Waals surface area contributed by atoms with Crippen molar-refractivity contribution in [3.8, 4) is 0 Å². The van der Waals surface area contributed by atoms with Crippen molar-refractivity contribution < 1.29 is 14.3 Å². The quantitative estimate of drug-likeness (QED) is 0.639. The molecular formula is C13H22BrNO3. The second-order valence-electron chi connectivity index (χ2n) is 5.41. The number of hydrogen-bond donors (Lipinski definition) is 1. The van der Waals surface area contributed by atoms with Gasteiger partial charge in [-0.05, 0) is 26.7 Å². The molecule has 0 aromatic heterocycles. The summed E-state index contributed by atoms with van der Waals surface area (Å²) in [6.45, 7) is 4.41. The van der Waals surface area contributed by atoms with E-state index in [1.807, 2.05) is 13.8 Å². The molecule has 1 heterocycles. The molecule has 0 radical (unpaired) electrons. The van der Waals surface area contributed by atoms with Crippen LogP contribution in [0.4, 0.5) is 0 Å². The first-order chi connectivity index (χ1) is 8.44. The molecule has 0 aromatic carbocycles. The summed E-state index contributed by atoms with van der Waals surface area (Å²) >= 11 is 3.30. The van der Waals surface area contributed by atoms with Crippen LogP contribution < -0.4 is 5.32 Å². The smallest absolute Gasteiger partial charge is 0.307 e. The van der Waals surface area contributed by atoms with E-state index in [2.05, 4.69) is 21.2 Å². The Labute approximate surface area is 117 Å². The normalized spacial score (nSPS) is 21.7. The molecule has 1 unspecified atom stereocenters. The van der Waals surface area contributed by atoms with Crippen molar-refractivity contribution in [2.24, 2.45) is 5.92 Å². The van der Waals surface area contributed by atoms with Crippen molar-refractivity contribution in [2.45, 2.75) is 51.6 Å². The van der Waals surface area contributed by atoms with Gasteiger partial charge in [-0.15, -0.1) is 0 Å². The zero-order valence-electron chi connectivity index (χ0n) is 11.1. The number of ether oxygens (including phenoxy) is 1. The maximum absolute atomic E-state index is 11.8. The van der Waals surface area contributed by atoms with Crippen LogP contribution >= 0.6 is 15.9 Å². The monoisotopic (exact) mass is 319 g/mol. The molecule has 1 rings (SSSR count). The Morgan fingerprint density at radius 3 is 2.83 bits per heavy atom. The van der Waals surface area contributed by atoms with Crippen LogP contribution in [0.3, 0.4) is 0 Å². The molecule has 1 aliphatic rings. The van der Waals surface area contributed by atoms with Gasteiger partial charge in [0.15, 0.2) is 0 Å². The third-order valence-electron chi connectivity index (χ3n) is 3.02. The highest BCUT2D eigenvalue weighted by atomic mass is 79.9. The van der Waals surface area contributed by atoms with Crippen LogP contribution in [0.5, 0.6) is 0 Å². The van der Waals surface area contributed by atoms with Gasteiger partial charge in [0.1, 0.15) is 5.60 Å². The number of hydrogen-bond acceptors (Lipinski definition) is 3. The SMILES string of the molecule is CC(C)(CBr)OC(=O)CC1CCCCCNC1=O. The van der Waals surface area contributed by atoms with E-state index in [0.717, 1.165) is 32.2 Å². The second-order valence-corrected chi connectivity index (χ2v) is 5.97. The van der Waals surface area contributed by atoms with Crippen LogP contribution in [0.25, 0.3) is 0 Å². The van der Waals surface area contributed by atoms with Crippen molar-refractivity contribution in [1.29, 1.82) is 0 Å². The topological polar surface area (TPSA) is 55.4 Å². The van der Waals surface area contributed by atoms with Gasteiger partial charge in [-0.3, -0.25) is 9.59 Å². The van der Waals surface area contributed by atoms with E-state index in [4.69, 9.17) is 4.74 Å². The van der Waals surface area contributed by atoms with Crippen LogP contribution in [-0.2, 0) is 14.3 Å². The minimum atomic E-state index is -0.519. The summed E-state index contributed by atoms with van der Waals surface area (Å²) in [5.41, 5.74) is -0.519. The highest BCUT2D eigenvalue weighted by molar-refractivity contribution is 9.09. The Bertz CT molecular complexity index is 305. The third-order valence-corrected chi connectivity index (χ3v) is 4.37. The second kappa shape index (κ2) is 7.12. The first-order valence-electron chi connectivity index (χ1n) is 6.50. The molecule has 0 spiro atoms. The number of halogens is 1. The molecule has 4 nitrogen and oxygen atoms in total. The molecule has 104 valence electrons. The van der Waals surface area contributed by atoms with E-state index in [0.29, 0.717) is 5.33 Å². The van der Waals surface area contributed by atoms with E-state index >= 15 is 0 Å². The molecule has 5 heteroatoms. The average Bonchev–Trinajstić information content (AvgIpc) is 2.28. The molecule has 1 amide bonds. The standard InChI is InChI=1S/C13H22BrNO3/c1-13(2,9-14)18-11(16)8-10-6-4-3-5-7-15-12(10)17/h10H,3-9H2,1-2H3,(H,15,17). The third kappa shape index (κ3) is 5.38. The number of nitrogens with one attached hydrogen (secondary N) is 1. The summed E-state index contributed by atoms with van der Waals surface area (Å²) in [5, 5.41) is 3.45. The minimum Gasteiger partial charge on any atom is -0.459 e. The van der Waals surface area contributed by atoms with Gasteiger partial charge in [-0.1, -0.05) is 28.8 Å². The van der Waals surface area contributed by atoms with Gasteiger partial charge in [-0.25, -0.2) is 0 Å². The van der Waals surface area contributed by atoms with Crippen LogP contribution in [-0.4, -0.2) is 29.4 Å². The van der Waals surface area contributed by atoms with E-state index in [1.54, 1.807) is 0 Å². The number of carbonyl (C=O) groups is 2. The highest BCUT2D eigenvalue weighted by Gasteiger charge is 2.27. The number of esters is 1. The molecule has 1 N–H and O–H groups in total. The fraction of sp³-hybridized carbons (Fsp3) is 0.846. The van der Waals surface area contributed by atoms with Crippen LogP contribution in [0.1, 0.15) is 46.0 Å². The Kier molecular flexibility index (Phi) is 6.12. The first-order valence-corrected chi connectivity index (χ1v) is 7.62. The summed E-state index contributed by atoms with van der Waals surface area (Å²) < 4.78 is 5.34. The van der Waals surface area contributed by atoms with Crippen molar-refractivity contribution in [2.75, 3.05) is 11.9 Å². The fourth-order valence-corrected chi connectivity index (χ4v) is 2.07. The lowest BCUT2D eigenvalue weighted by Gasteiger charge is -2.24. The van der Waals surface area contributed by atoms with Gasteiger partial charge < -0.3 is 10.1 Å². The molecule has 1 aliphatic heterocycles. The van der Waals surface area contributed by atoms with Gasteiger partial charge in [0, 0.05) is 17.8 Å². The van der Waals surface area contributed by atoms with Gasteiger partial charge in [0.2, 0.25) is 5.91 Å². The number of rotatable bonds is 4. The fourth-order valence-electron chi connectivity index (χ4n) is 1.95. The minimum absolute atomic E-state index is 0.0108. The number of amides is 1. The first kappa shape index (κ1) is 15.5. The Balaban J connectivity index is 2.48. The highest BCUT2D eigenvalue weighted by Crippen LogP contribution is 2.20. The molecular weight excluding hydrogens is 298 g/mol. The Hall–Kier alpha value is -0.580. The molecule has 0 bridgehead atoms. The van der Waals surface area contributed by atoms with Crippen molar-refractivity contribution in [1.82, 2.24) is 5.32 Å². The zero-order chi connectivity index (χ0) is 13.6. The van der Waals surface area contributed by atoms with Crippen molar-refractivity contribution >= 4 is 27.8 Å². The summed E-state index contributed by atoms with van der Waals surface area (Å²) in [6, 6.07) is 0. The van der Waals surface area contributed by atoms with Gasteiger partial charge in [0.25, 0.3) is 0 Å². The van der Waals surface area contributed by atoms with Gasteiger partial charge >= 0.3 is 5.97 Å². The predicted molar refractivity (Wildman–Crippen MR) is 73.5 cm³/mol. The Morgan fingerprint density at radius 1 is 1.44 bits per heavy atom. The summed E-state index contributed by atoms with van der Waals surface area (Å²) in [6.07, 6.45) is 4.10. The molecule has 1 saturated heterocycles. The van der Waals surface area contributed by atoms with Crippen molar-refractivity contribution in [3.63, 3.8) is 0 Å². The van der Waals surface area contributed by atoms with Crippen LogP contribution in [0, 0.1) is 5.92 Å². The molecule has 0 aliphatic carbocycles. The lowest BCUT2D eigenvalue weighted by molar-refractivity contribution is -0.157. The Morgan fingerprint density at radius 2 is 2.17 bits per heavy atom. The van der Waals surface area contributed by atoms with E-state index < -0.39 is 5.60 Å². The average molecular weight is 320 g/mol. The maximum Gasteiger partial charge on any atom is 0.307 e. The zero-order valence-corrected chi connectivity index (χ0v) is 12.7. The lowest BCUT2D eigenvalue weighted by atomic mass is 9.95. The van der Waals surface area contributed by atoms with E-state index in [-0.39, 0.29) is 24.2 Å². The number of carbonyl (C=O) groups excluding carboxylic acids is 2. The molecule has 1 atom stereocenters. The maximum atomic E-state index is 11.8. The molecule has 0 aromatic rings. The molecule has 18 heavy (non-hydrogen) atoms. The van der Waals surface area contributed by atoms with Crippen molar-refractivity contribution in [3.05, 3.63) is 0 Å². The van der Waals surface area contributed by atoms with E-state index in [1.165, 1.54) is 0 Å². The number of alkyl halides is 1. The summed E-state index contributed by atoms with van der Waals surface area (Å²) in [7, 11) is 0. The molecule has 1 fully saturated rings. The van der Waals surface area contributed by atoms with E-state index in [9.17, 15) is 9.59 Å². The van der Waals surface area contributed by atoms with Crippen LogP contribution in [0.15, 0.2) is 0 Å². The van der Waals surface area contributed by atoms with Crippen LogP contribution in [0.2, 0.25) is 0 Å². The largest absolute Gasteiger partial charge is 0.459 e. The summed E-state index contributed by atoms with van der Waals surface area (Å²) in [4.78, 5) is 23.6. The van der Waals surface area contributed by atoms with Gasteiger partial charge in [0.05, 0.1) is 6.42 Å². The predicted octanol–water partition coefficient (Wildman–Crippen LogP) is 2.40. The molecule has 0 saturated carbocycles. The summed E-state index contributed by atoms with van der Waals surface area (Å²) in [5.74, 6) is -0.535. The lowest BCUT2D eigenvalue weighted by Crippen LogP contribution is -2.36. The van der Waals surface area contributed by atoms with Gasteiger partial charge in [-0.2, -0.15) is 0 Å².